The molecule has 0 saturated heterocycles. The maximum absolute atomic E-state index is 11.9. The first kappa shape index (κ1) is 23.0. The first-order valence-electron chi connectivity index (χ1n) is 8.59. The van der Waals surface area contributed by atoms with E-state index in [2.05, 4.69) is 6.92 Å². The maximum Gasteiger partial charge on any atom is 0.246 e. The second-order valence-corrected chi connectivity index (χ2v) is 6.12. The molecule has 0 aromatic rings. The molecule has 0 aromatic heterocycles. The molecular weight excluding hydrogens is 314 g/mol. The maximum atomic E-state index is 11.9. The molecule has 0 rings (SSSR count). The van der Waals surface area contributed by atoms with E-state index in [0.29, 0.717) is 0 Å². The van der Waals surface area contributed by atoms with Crippen molar-refractivity contribution in [2.75, 3.05) is 20.2 Å². The van der Waals surface area contributed by atoms with Crippen LogP contribution in [0.2, 0.25) is 0 Å². The Bertz CT molecular complexity index is 363. The fourth-order valence-corrected chi connectivity index (χ4v) is 2.22. The van der Waals surface area contributed by atoms with E-state index in [-0.39, 0.29) is 12.5 Å². The number of nitrogens with zero attached hydrogens (tertiary/aromatic N) is 1. The van der Waals surface area contributed by atoms with Crippen LogP contribution in [0.5, 0.6) is 0 Å². The number of carbonyl (C=O) groups excluding carboxylic acids is 1. The Kier molecular flexibility index (Phi) is 12.8. The van der Waals surface area contributed by atoms with Crippen LogP contribution < -0.4 is 0 Å². The SMILES string of the molecule is CCCCCCCC=CC(=O)N(C)C[C@H](O)[C@@H](O)[C@H](O)[C@H](O)CO. The smallest absolute Gasteiger partial charge is 0.246 e. The lowest BCUT2D eigenvalue weighted by atomic mass is 10.0. The van der Waals surface area contributed by atoms with Gasteiger partial charge in [0.15, 0.2) is 0 Å². The Morgan fingerprint density at radius 3 is 2.17 bits per heavy atom. The van der Waals surface area contributed by atoms with Gasteiger partial charge in [0.2, 0.25) is 5.91 Å². The van der Waals surface area contributed by atoms with Gasteiger partial charge in [0.25, 0.3) is 0 Å². The van der Waals surface area contributed by atoms with Crippen molar-refractivity contribution >= 4 is 5.91 Å². The summed E-state index contributed by atoms with van der Waals surface area (Å²) < 4.78 is 0. The fourth-order valence-electron chi connectivity index (χ4n) is 2.22. The Morgan fingerprint density at radius 2 is 1.58 bits per heavy atom. The fraction of sp³-hybridized carbons (Fsp3) is 0.824. The van der Waals surface area contributed by atoms with E-state index in [9.17, 15) is 25.2 Å². The summed E-state index contributed by atoms with van der Waals surface area (Å²) in [6.07, 6.45) is 3.48. The van der Waals surface area contributed by atoms with Gasteiger partial charge in [-0.25, -0.2) is 0 Å². The number of unbranched alkanes of at least 4 members (excludes halogenated alkanes) is 5. The van der Waals surface area contributed by atoms with Crippen LogP contribution in [0.1, 0.15) is 45.4 Å². The number of hydrogen-bond donors (Lipinski definition) is 5. The number of amides is 1. The Hall–Kier alpha value is -0.990. The van der Waals surface area contributed by atoms with Gasteiger partial charge in [0.05, 0.1) is 6.61 Å². The molecule has 0 aliphatic carbocycles. The number of allylic oxidation sites excluding steroid dienone is 1. The Balaban J connectivity index is 4.15. The van der Waals surface area contributed by atoms with Crippen LogP contribution in [0.15, 0.2) is 12.2 Å². The number of aliphatic hydroxyl groups excluding tert-OH is 5. The minimum atomic E-state index is -1.69. The molecule has 0 aliphatic heterocycles. The molecule has 0 heterocycles. The highest BCUT2D eigenvalue weighted by Crippen LogP contribution is 2.08. The van der Waals surface area contributed by atoms with Gasteiger partial charge in [0.1, 0.15) is 24.4 Å². The highest BCUT2D eigenvalue weighted by Gasteiger charge is 2.30. The summed E-state index contributed by atoms with van der Waals surface area (Å²) in [7, 11) is 1.47. The summed E-state index contributed by atoms with van der Waals surface area (Å²) >= 11 is 0. The number of aliphatic hydroxyl groups is 5. The largest absolute Gasteiger partial charge is 0.394 e. The molecule has 4 atom stereocenters. The van der Waals surface area contributed by atoms with Gasteiger partial charge in [-0.3, -0.25) is 4.79 Å². The first-order chi connectivity index (χ1) is 11.3. The van der Waals surface area contributed by atoms with E-state index in [4.69, 9.17) is 5.11 Å². The van der Waals surface area contributed by atoms with E-state index in [1.165, 1.54) is 37.3 Å². The zero-order valence-electron chi connectivity index (χ0n) is 14.7. The second-order valence-electron chi connectivity index (χ2n) is 6.12. The van der Waals surface area contributed by atoms with Gasteiger partial charge in [-0.05, 0) is 18.9 Å². The standard InChI is InChI=1S/C17H33NO6/c1-3-4-5-6-7-8-9-10-15(22)18(2)11-13(20)16(23)17(24)14(21)12-19/h9-10,13-14,16-17,19-21,23-24H,3-8,11-12H2,1-2H3/t13-,14+,16+,17+/m0/s1. The van der Waals surface area contributed by atoms with Crippen LogP contribution in [0, 0.1) is 0 Å². The lowest BCUT2D eigenvalue weighted by Crippen LogP contribution is -2.49. The molecule has 5 N–H and O–H groups in total. The van der Waals surface area contributed by atoms with Gasteiger partial charge in [-0.15, -0.1) is 0 Å². The van der Waals surface area contributed by atoms with Gasteiger partial charge < -0.3 is 30.4 Å². The van der Waals surface area contributed by atoms with Crippen LogP contribution in [0.25, 0.3) is 0 Å². The summed E-state index contributed by atoms with van der Waals surface area (Å²) in [6.45, 7) is 1.22. The van der Waals surface area contributed by atoms with Crippen molar-refractivity contribution in [2.45, 2.75) is 69.9 Å². The summed E-state index contributed by atoms with van der Waals surface area (Å²) in [6, 6.07) is 0. The van der Waals surface area contributed by atoms with Crippen molar-refractivity contribution in [1.82, 2.24) is 4.90 Å². The third kappa shape index (κ3) is 9.34. The van der Waals surface area contributed by atoms with E-state index >= 15 is 0 Å². The summed E-state index contributed by atoms with van der Waals surface area (Å²) in [5, 5.41) is 47.0. The van der Waals surface area contributed by atoms with Gasteiger partial charge in [0, 0.05) is 13.6 Å². The molecule has 7 heteroatoms. The van der Waals surface area contributed by atoms with Crippen molar-refractivity contribution in [3.05, 3.63) is 12.2 Å². The van der Waals surface area contributed by atoms with Crippen molar-refractivity contribution in [3.8, 4) is 0 Å². The second kappa shape index (κ2) is 13.3. The summed E-state index contributed by atoms with van der Waals surface area (Å²) in [5.41, 5.74) is 0. The van der Waals surface area contributed by atoms with Crippen LogP contribution in [0.4, 0.5) is 0 Å². The number of carbonyl (C=O) groups is 1. The molecule has 7 nitrogen and oxygen atoms in total. The Labute approximate surface area is 144 Å². The molecule has 0 unspecified atom stereocenters. The van der Waals surface area contributed by atoms with Crippen molar-refractivity contribution in [3.63, 3.8) is 0 Å². The van der Waals surface area contributed by atoms with Crippen LogP contribution in [-0.4, -0.2) is 81.0 Å². The highest BCUT2D eigenvalue weighted by atomic mass is 16.4. The molecule has 24 heavy (non-hydrogen) atoms. The minimum Gasteiger partial charge on any atom is -0.394 e. The van der Waals surface area contributed by atoms with Gasteiger partial charge in [-0.2, -0.15) is 0 Å². The van der Waals surface area contributed by atoms with E-state index in [1.807, 2.05) is 0 Å². The van der Waals surface area contributed by atoms with Crippen molar-refractivity contribution < 1.29 is 30.3 Å². The topological polar surface area (TPSA) is 121 Å². The molecule has 0 bridgehead atoms. The molecule has 0 saturated carbocycles. The molecule has 0 aliphatic rings. The van der Waals surface area contributed by atoms with Crippen LogP contribution in [-0.2, 0) is 4.79 Å². The summed E-state index contributed by atoms with van der Waals surface area (Å²) in [5.74, 6) is -0.313. The molecule has 0 aromatic carbocycles. The zero-order valence-corrected chi connectivity index (χ0v) is 14.7. The van der Waals surface area contributed by atoms with Crippen LogP contribution in [0.3, 0.4) is 0 Å². The van der Waals surface area contributed by atoms with E-state index < -0.39 is 31.0 Å². The number of hydrogen-bond acceptors (Lipinski definition) is 6. The van der Waals surface area contributed by atoms with E-state index in [0.717, 1.165) is 19.3 Å². The Morgan fingerprint density at radius 1 is 1.00 bits per heavy atom. The quantitative estimate of drug-likeness (QED) is 0.232. The third-order valence-electron chi connectivity index (χ3n) is 3.90. The minimum absolute atomic E-state index is 0.198. The molecule has 142 valence electrons. The molecular formula is C17H33NO6. The predicted octanol–water partition coefficient (Wildman–Crippen LogP) is -0.203. The average Bonchev–Trinajstić information content (AvgIpc) is 2.58. The average molecular weight is 347 g/mol. The zero-order chi connectivity index (χ0) is 18.5. The van der Waals surface area contributed by atoms with E-state index in [1.54, 1.807) is 6.08 Å². The monoisotopic (exact) mass is 347 g/mol. The normalized spacial score (nSPS) is 16.8. The van der Waals surface area contributed by atoms with Gasteiger partial charge >= 0.3 is 0 Å². The van der Waals surface area contributed by atoms with Gasteiger partial charge in [-0.1, -0.05) is 38.7 Å². The van der Waals surface area contributed by atoms with Crippen molar-refractivity contribution in [2.24, 2.45) is 0 Å². The first-order valence-corrected chi connectivity index (χ1v) is 8.59. The summed E-state index contributed by atoms with van der Waals surface area (Å²) in [4.78, 5) is 13.1. The molecule has 0 spiro atoms. The lowest BCUT2D eigenvalue weighted by Gasteiger charge is -2.28. The molecule has 1 amide bonds. The number of likely N-dealkylation sites (N-methyl/N-ethyl adjacent to an activating group) is 1. The number of rotatable bonds is 13. The third-order valence-corrected chi connectivity index (χ3v) is 3.90. The van der Waals surface area contributed by atoms with Crippen LogP contribution >= 0.6 is 0 Å². The molecule has 0 radical (unpaired) electrons. The predicted molar refractivity (Wildman–Crippen MR) is 91.3 cm³/mol. The molecule has 0 fully saturated rings. The van der Waals surface area contributed by atoms with Crippen molar-refractivity contribution in [1.29, 1.82) is 0 Å². The highest BCUT2D eigenvalue weighted by molar-refractivity contribution is 5.87. The lowest BCUT2D eigenvalue weighted by molar-refractivity contribution is -0.134.